The van der Waals surface area contributed by atoms with Crippen molar-refractivity contribution in [3.05, 3.63) is 46.8 Å². The Hall–Kier alpha value is -2.58. The van der Waals surface area contributed by atoms with Gasteiger partial charge in [0, 0.05) is 62.4 Å². The summed E-state index contributed by atoms with van der Waals surface area (Å²) in [6, 6.07) is 8.88. The highest BCUT2D eigenvalue weighted by Gasteiger charge is 2.36. The van der Waals surface area contributed by atoms with E-state index >= 15 is 0 Å². The summed E-state index contributed by atoms with van der Waals surface area (Å²) < 4.78 is 16.8. The van der Waals surface area contributed by atoms with Crippen molar-refractivity contribution in [1.82, 2.24) is 15.0 Å². The van der Waals surface area contributed by atoms with Crippen LogP contribution in [0.5, 0.6) is 5.75 Å². The molecule has 2 atom stereocenters. The van der Waals surface area contributed by atoms with Crippen molar-refractivity contribution in [1.29, 1.82) is 0 Å². The van der Waals surface area contributed by atoms with Gasteiger partial charge < -0.3 is 23.8 Å². The first-order valence-corrected chi connectivity index (χ1v) is 11.4. The lowest BCUT2D eigenvalue weighted by Crippen LogP contribution is -2.50. The van der Waals surface area contributed by atoms with E-state index in [0.717, 1.165) is 0 Å². The lowest BCUT2D eigenvalue weighted by molar-refractivity contribution is -0.137. The molecule has 1 aromatic carbocycles. The molecule has 4 rings (SSSR count). The van der Waals surface area contributed by atoms with Crippen molar-refractivity contribution < 1.29 is 23.6 Å². The number of piperidine rings is 1. The summed E-state index contributed by atoms with van der Waals surface area (Å²) in [7, 11) is 0. The summed E-state index contributed by atoms with van der Waals surface area (Å²) in [6.45, 7) is 5.18. The number of aromatic nitrogens is 1. The van der Waals surface area contributed by atoms with Crippen LogP contribution in [0.25, 0.3) is 0 Å². The first kappa shape index (κ1) is 22.6. The smallest absolute Gasteiger partial charge is 0.276 e. The molecule has 9 heteroatoms. The minimum Gasteiger partial charge on any atom is -0.490 e. The van der Waals surface area contributed by atoms with Crippen LogP contribution < -0.4 is 4.74 Å². The van der Waals surface area contributed by atoms with Crippen molar-refractivity contribution >= 4 is 23.4 Å². The van der Waals surface area contributed by atoms with Crippen LogP contribution in [0, 0.1) is 5.92 Å². The van der Waals surface area contributed by atoms with Gasteiger partial charge in [-0.1, -0.05) is 23.7 Å². The minimum atomic E-state index is -0.186. The number of halogens is 1. The molecule has 8 nitrogen and oxygen atoms in total. The molecule has 2 fully saturated rings. The molecule has 0 spiro atoms. The largest absolute Gasteiger partial charge is 0.490 e. The van der Waals surface area contributed by atoms with Crippen LogP contribution in [0.2, 0.25) is 5.02 Å². The Morgan fingerprint density at radius 2 is 1.91 bits per heavy atom. The average Bonchev–Trinajstić information content (AvgIpc) is 3.31. The number of hydrogen-bond donors (Lipinski definition) is 0. The molecule has 0 radical (unpaired) electrons. The highest BCUT2D eigenvalue weighted by molar-refractivity contribution is 6.30. The van der Waals surface area contributed by atoms with Crippen molar-refractivity contribution in [2.45, 2.75) is 32.3 Å². The van der Waals surface area contributed by atoms with Gasteiger partial charge in [0.25, 0.3) is 5.91 Å². The molecule has 2 aliphatic rings. The van der Waals surface area contributed by atoms with E-state index in [1.165, 1.54) is 0 Å². The Balaban J connectivity index is 1.47. The average molecular weight is 462 g/mol. The number of aryl methyl sites for hydroxylation is 1. The number of rotatable bonds is 6. The number of hydrogen-bond acceptors (Lipinski definition) is 6. The summed E-state index contributed by atoms with van der Waals surface area (Å²) in [5, 5.41) is 4.55. The zero-order valence-corrected chi connectivity index (χ0v) is 18.9. The van der Waals surface area contributed by atoms with Crippen LogP contribution in [0.3, 0.4) is 0 Å². The third-order valence-corrected chi connectivity index (χ3v) is 6.23. The Kier molecular flexibility index (Phi) is 7.32. The zero-order chi connectivity index (χ0) is 22.5. The Morgan fingerprint density at radius 3 is 2.59 bits per heavy atom. The SMILES string of the molecule is CCc1cc(C(=O)N2CC[C@H](Oc3ccc(Cl)cc3)[C@@H](CC(=O)N3CCOCC3)C2)no1. The van der Waals surface area contributed by atoms with Gasteiger partial charge >= 0.3 is 0 Å². The monoisotopic (exact) mass is 461 g/mol. The van der Waals surface area contributed by atoms with E-state index in [1.54, 1.807) is 23.1 Å². The van der Waals surface area contributed by atoms with Gasteiger partial charge in [-0.25, -0.2) is 0 Å². The molecule has 0 unspecified atom stereocenters. The molecular weight excluding hydrogens is 434 g/mol. The normalized spacial score (nSPS) is 21.4. The summed E-state index contributed by atoms with van der Waals surface area (Å²) in [4.78, 5) is 29.5. The van der Waals surface area contributed by atoms with Crippen LogP contribution in [-0.2, 0) is 16.0 Å². The van der Waals surface area contributed by atoms with Gasteiger partial charge in [-0.3, -0.25) is 9.59 Å². The number of carbonyl (C=O) groups excluding carboxylic acids is 2. The quantitative estimate of drug-likeness (QED) is 0.657. The van der Waals surface area contributed by atoms with Gasteiger partial charge in [-0.05, 0) is 24.3 Å². The predicted molar refractivity (Wildman–Crippen MR) is 118 cm³/mol. The van der Waals surface area contributed by atoms with Crippen molar-refractivity contribution in [3.8, 4) is 5.75 Å². The van der Waals surface area contributed by atoms with Crippen LogP contribution in [0.1, 0.15) is 36.0 Å². The molecule has 172 valence electrons. The lowest BCUT2D eigenvalue weighted by Gasteiger charge is -2.39. The molecule has 2 saturated heterocycles. The van der Waals surface area contributed by atoms with Crippen molar-refractivity contribution in [2.75, 3.05) is 39.4 Å². The van der Waals surface area contributed by atoms with Crippen LogP contribution >= 0.6 is 11.6 Å². The Morgan fingerprint density at radius 1 is 1.16 bits per heavy atom. The third-order valence-electron chi connectivity index (χ3n) is 5.98. The van der Waals surface area contributed by atoms with Gasteiger partial charge in [0.05, 0.1) is 13.2 Å². The fourth-order valence-electron chi connectivity index (χ4n) is 4.14. The van der Waals surface area contributed by atoms with Gasteiger partial charge in [-0.2, -0.15) is 0 Å². The third kappa shape index (κ3) is 5.42. The summed E-state index contributed by atoms with van der Waals surface area (Å²) >= 11 is 5.99. The van der Waals surface area contributed by atoms with Crippen LogP contribution in [0.4, 0.5) is 0 Å². The summed E-state index contributed by atoms with van der Waals surface area (Å²) in [6.07, 6.45) is 1.41. The maximum absolute atomic E-state index is 13.0. The Labute approximate surface area is 192 Å². The van der Waals surface area contributed by atoms with Crippen LogP contribution in [-0.4, -0.2) is 72.3 Å². The number of nitrogens with zero attached hydrogens (tertiary/aromatic N) is 3. The predicted octanol–water partition coefficient (Wildman–Crippen LogP) is 3.05. The second kappa shape index (κ2) is 10.4. The van der Waals surface area contributed by atoms with Gasteiger partial charge in [0.1, 0.15) is 17.6 Å². The molecular formula is C23H28ClN3O5. The van der Waals surface area contributed by atoms with E-state index in [4.69, 9.17) is 25.6 Å². The standard InChI is InChI=1S/C23H28ClN3O5/c1-2-18-14-20(25-32-18)23(29)27-8-7-21(31-19-5-3-17(24)4-6-19)16(15-27)13-22(28)26-9-11-30-12-10-26/h3-6,14,16,21H,2,7-13,15H2,1H3/t16-,21-/m0/s1. The number of benzene rings is 1. The van der Waals surface area contributed by atoms with Gasteiger partial charge in [0.15, 0.2) is 5.69 Å². The molecule has 0 N–H and O–H groups in total. The first-order chi connectivity index (χ1) is 15.5. The lowest BCUT2D eigenvalue weighted by atomic mass is 9.90. The van der Waals surface area contributed by atoms with Crippen molar-refractivity contribution in [3.63, 3.8) is 0 Å². The molecule has 32 heavy (non-hydrogen) atoms. The molecule has 3 heterocycles. The molecule has 2 aromatic rings. The maximum atomic E-state index is 13.0. The number of carbonyl (C=O) groups is 2. The fourth-order valence-corrected chi connectivity index (χ4v) is 4.27. The van der Waals surface area contributed by atoms with E-state index in [0.29, 0.717) is 80.9 Å². The van der Waals surface area contributed by atoms with Crippen LogP contribution in [0.15, 0.2) is 34.9 Å². The maximum Gasteiger partial charge on any atom is 0.276 e. The number of ether oxygens (including phenoxy) is 2. The fraction of sp³-hybridized carbons (Fsp3) is 0.522. The minimum absolute atomic E-state index is 0.0620. The molecule has 2 aliphatic heterocycles. The topological polar surface area (TPSA) is 85.1 Å². The number of amides is 2. The number of likely N-dealkylation sites (tertiary alicyclic amines) is 1. The second-order valence-corrected chi connectivity index (χ2v) is 8.58. The zero-order valence-electron chi connectivity index (χ0n) is 18.2. The second-order valence-electron chi connectivity index (χ2n) is 8.14. The van der Waals surface area contributed by atoms with E-state index in [-0.39, 0.29) is 23.8 Å². The Bertz CT molecular complexity index is 926. The summed E-state index contributed by atoms with van der Waals surface area (Å²) in [5.74, 6) is 1.12. The molecule has 0 aliphatic carbocycles. The molecule has 0 saturated carbocycles. The molecule has 2 amide bonds. The highest BCUT2D eigenvalue weighted by Crippen LogP contribution is 2.28. The molecule has 1 aromatic heterocycles. The van der Waals surface area contributed by atoms with Gasteiger partial charge in [-0.15, -0.1) is 0 Å². The van der Waals surface area contributed by atoms with E-state index in [1.807, 2.05) is 24.0 Å². The highest BCUT2D eigenvalue weighted by atomic mass is 35.5. The first-order valence-electron chi connectivity index (χ1n) is 11.1. The molecule has 0 bridgehead atoms. The van der Waals surface area contributed by atoms with E-state index in [9.17, 15) is 9.59 Å². The summed E-state index contributed by atoms with van der Waals surface area (Å²) in [5.41, 5.74) is 0.303. The number of morpholine rings is 1. The van der Waals surface area contributed by atoms with Gasteiger partial charge in [0.2, 0.25) is 5.91 Å². The van der Waals surface area contributed by atoms with E-state index < -0.39 is 0 Å². The van der Waals surface area contributed by atoms with Crippen molar-refractivity contribution in [2.24, 2.45) is 5.92 Å². The van der Waals surface area contributed by atoms with E-state index in [2.05, 4.69) is 5.16 Å².